The molecule has 1 unspecified atom stereocenters. The number of rotatable bonds is 5. The number of hydrogen-bond acceptors (Lipinski definition) is 4. The van der Waals surface area contributed by atoms with E-state index in [1.165, 1.54) is 0 Å². The molecule has 0 fully saturated rings. The number of carbonyl (C=O) groups is 1. The van der Waals surface area contributed by atoms with Crippen LogP contribution in [0.5, 0.6) is 0 Å². The zero-order chi connectivity index (χ0) is 24.6. The van der Waals surface area contributed by atoms with Crippen LogP contribution in [0.2, 0.25) is 5.02 Å². The van der Waals surface area contributed by atoms with Crippen molar-refractivity contribution in [1.29, 1.82) is 0 Å². The lowest BCUT2D eigenvalue weighted by atomic mass is 9.81. The quantitative estimate of drug-likeness (QED) is 0.325. The molecule has 0 aliphatic carbocycles. The van der Waals surface area contributed by atoms with Crippen LogP contribution in [0.25, 0.3) is 33.0 Å². The van der Waals surface area contributed by atoms with Gasteiger partial charge in [0.1, 0.15) is 11.9 Å². The molecule has 1 atom stereocenters. The van der Waals surface area contributed by atoms with Gasteiger partial charge in [-0.2, -0.15) is 0 Å². The molecule has 3 aromatic carbocycles. The highest BCUT2D eigenvalue weighted by molar-refractivity contribution is 6.30. The van der Waals surface area contributed by atoms with Crippen molar-refractivity contribution in [1.82, 2.24) is 4.98 Å². The third kappa shape index (κ3) is 4.70. The number of nitrogen functional groups attached to an aromatic ring is 1. The number of fused-ring (bicyclic) bond motifs is 1. The van der Waals surface area contributed by atoms with Gasteiger partial charge in [0.2, 0.25) is 0 Å². The van der Waals surface area contributed by atoms with E-state index in [4.69, 9.17) is 22.1 Å². The Balaban J connectivity index is 2.17. The molecule has 34 heavy (non-hydrogen) atoms. The molecule has 0 saturated carbocycles. The molecule has 0 saturated heterocycles. The Morgan fingerprint density at radius 3 is 2.06 bits per heavy atom. The van der Waals surface area contributed by atoms with Gasteiger partial charge in [0.15, 0.2) is 5.78 Å². The molecule has 174 valence electrons. The van der Waals surface area contributed by atoms with Gasteiger partial charge in [-0.15, -0.1) is 0 Å². The number of hydrogen-bond donors (Lipinski definition) is 1. The van der Waals surface area contributed by atoms with E-state index in [0.29, 0.717) is 10.8 Å². The summed E-state index contributed by atoms with van der Waals surface area (Å²) < 4.78 is 6.40. The lowest BCUT2D eigenvalue weighted by Gasteiger charge is -2.31. The fraction of sp³-hybridized carbons (Fsp3) is 0.241. The summed E-state index contributed by atoms with van der Waals surface area (Å²) in [5.74, 6) is 0.409. The van der Waals surface area contributed by atoms with Crippen molar-refractivity contribution >= 4 is 34.0 Å². The van der Waals surface area contributed by atoms with Crippen LogP contribution < -0.4 is 5.73 Å². The number of nitrogens with zero attached hydrogens (tertiary/aromatic N) is 1. The molecule has 0 bridgehead atoms. The smallest absolute Gasteiger partial charge is 0.163 e. The van der Waals surface area contributed by atoms with E-state index in [1.54, 1.807) is 19.2 Å². The molecule has 2 N–H and O–H groups in total. The number of Topliss-reactive ketones (excluding diaryl/α,β-unsaturated/α-hetero) is 1. The Bertz CT molecular complexity index is 1350. The maximum Gasteiger partial charge on any atom is 0.163 e. The maximum atomic E-state index is 13.1. The Morgan fingerprint density at radius 2 is 1.53 bits per heavy atom. The van der Waals surface area contributed by atoms with Gasteiger partial charge in [-0.3, -0.25) is 4.79 Å². The summed E-state index contributed by atoms with van der Waals surface area (Å²) >= 11 is 6.21. The zero-order valence-corrected chi connectivity index (χ0v) is 20.9. The first kappa shape index (κ1) is 23.9. The van der Waals surface area contributed by atoms with Crippen molar-refractivity contribution in [2.45, 2.75) is 46.3 Å². The van der Waals surface area contributed by atoms with Gasteiger partial charge in [-0.05, 0) is 91.9 Å². The van der Waals surface area contributed by atoms with Crippen molar-refractivity contribution in [2.75, 3.05) is 5.73 Å². The number of nitrogens with two attached hydrogens (primary N) is 1. The van der Waals surface area contributed by atoms with E-state index >= 15 is 0 Å². The second kappa shape index (κ2) is 9.21. The van der Waals surface area contributed by atoms with E-state index < -0.39 is 11.7 Å². The minimum Gasteiger partial charge on any atom is -0.384 e. The van der Waals surface area contributed by atoms with E-state index in [2.05, 4.69) is 24.0 Å². The summed E-state index contributed by atoms with van der Waals surface area (Å²) in [5, 5.41) is 2.75. The van der Waals surface area contributed by atoms with Crippen LogP contribution in [0.15, 0.2) is 66.9 Å². The molecular weight excluding hydrogens is 444 g/mol. The van der Waals surface area contributed by atoms with Gasteiger partial charge in [0.05, 0.1) is 5.60 Å². The average Bonchev–Trinajstić information content (AvgIpc) is 2.78. The van der Waals surface area contributed by atoms with Crippen molar-refractivity contribution in [2.24, 2.45) is 0 Å². The standard InChI is InChI=1S/C29H29ClN2O2/c1-17-25(20-12-15-24(31)32-16-20)22-8-6-7-9-23(22)27(19-10-13-21(30)14-11-19)26(17)28(18(2)33)34-29(3,4)5/h6-16,28H,1-5H3,(H2,31,32). The van der Waals surface area contributed by atoms with Crippen molar-refractivity contribution in [3.05, 3.63) is 83.0 Å². The Morgan fingerprint density at radius 1 is 0.941 bits per heavy atom. The largest absolute Gasteiger partial charge is 0.384 e. The van der Waals surface area contributed by atoms with Gasteiger partial charge < -0.3 is 10.5 Å². The van der Waals surface area contributed by atoms with Crippen LogP contribution in [0.3, 0.4) is 0 Å². The summed E-state index contributed by atoms with van der Waals surface area (Å²) in [6.45, 7) is 9.53. The second-order valence-corrected chi connectivity index (χ2v) is 9.97. The van der Waals surface area contributed by atoms with Gasteiger partial charge in [-0.1, -0.05) is 48.0 Å². The molecular formula is C29H29ClN2O2. The molecule has 4 rings (SSSR count). The Hall–Kier alpha value is -3.21. The third-order valence-electron chi connectivity index (χ3n) is 5.82. The molecule has 0 aliphatic rings. The molecule has 0 spiro atoms. The molecule has 0 aliphatic heterocycles. The maximum absolute atomic E-state index is 13.1. The highest BCUT2D eigenvalue weighted by atomic mass is 35.5. The fourth-order valence-corrected chi connectivity index (χ4v) is 4.59. The van der Waals surface area contributed by atoms with E-state index in [9.17, 15) is 4.79 Å². The van der Waals surface area contributed by atoms with Crippen molar-refractivity contribution < 1.29 is 9.53 Å². The SMILES string of the molecule is CC(=O)C(OC(C)(C)C)c1c(C)c(-c2ccc(N)nc2)c2ccccc2c1-c1ccc(Cl)cc1. The monoisotopic (exact) mass is 472 g/mol. The fourth-order valence-electron chi connectivity index (χ4n) is 4.47. The number of ether oxygens (including phenoxy) is 1. The zero-order valence-electron chi connectivity index (χ0n) is 20.1. The summed E-state index contributed by atoms with van der Waals surface area (Å²) in [6.07, 6.45) is 1.04. The molecule has 0 amide bonds. The number of benzene rings is 3. The van der Waals surface area contributed by atoms with Crippen LogP contribution in [0.4, 0.5) is 5.82 Å². The van der Waals surface area contributed by atoms with Crippen LogP contribution in [0, 0.1) is 6.92 Å². The number of carbonyl (C=O) groups excluding carboxylic acids is 1. The second-order valence-electron chi connectivity index (χ2n) is 9.53. The minimum atomic E-state index is -0.740. The molecule has 0 radical (unpaired) electrons. The average molecular weight is 473 g/mol. The summed E-state index contributed by atoms with van der Waals surface area (Å²) in [6, 6.07) is 19.7. The molecule has 5 heteroatoms. The third-order valence-corrected chi connectivity index (χ3v) is 6.08. The first-order valence-electron chi connectivity index (χ1n) is 11.3. The molecule has 4 aromatic rings. The topological polar surface area (TPSA) is 65.2 Å². The first-order chi connectivity index (χ1) is 16.1. The number of anilines is 1. The van der Waals surface area contributed by atoms with Gasteiger partial charge in [-0.25, -0.2) is 4.98 Å². The molecule has 1 heterocycles. The van der Waals surface area contributed by atoms with E-state index in [0.717, 1.165) is 44.2 Å². The van der Waals surface area contributed by atoms with Crippen LogP contribution >= 0.6 is 11.6 Å². The van der Waals surface area contributed by atoms with Gasteiger partial charge in [0.25, 0.3) is 0 Å². The lowest BCUT2D eigenvalue weighted by molar-refractivity contribution is -0.138. The van der Waals surface area contributed by atoms with E-state index in [1.807, 2.05) is 63.2 Å². The predicted molar refractivity (Wildman–Crippen MR) is 141 cm³/mol. The van der Waals surface area contributed by atoms with Crippen molar-refractivity contribution in [3.63, 3.8) is 0 Å². The van der Waals surface area contributed by atoms with Crippen LogP contribution in [-0.2, 0) is 9.53 Å². The number of aromatic nitrogens is 1. The minimum absolute atomic E-state index is 0.0510. The van der Waals surface area contributed by atoms with Gasteiger partial charge >= 0.3 is 0 Å². The van der Waals surface area contributed by atoms with Gasteiger partial charge in [0, 0.05) is 22.3 Å². The predicted octanol–water partition coefficient (Wildman–Crippen LogP) is 7.56. The van der Waals surface area contributed by atoms with Crippen molar-refractivity contribution in [3.8, 4) is 22.3 Å². The van der Waals surface area contributed by atoms with Crippen LogP contribution in [0.1, 0.15) is 44.9 Å². The summed E-state index contributed by atoms with van der Waals surface area (Å²) in [7, 11) is 0. The first-order valence-corrected chi connectivity index (χ1v) is 11.7. The normalized spacial score (nSPS) is 12.6. The van der Waals surface area contributed by atoms with E-state index in [-0.39, 0.29) is 5.78 Å². The molecule has 1 aromatic heterocycles. The Kier molecular flexibility index (Phi) is 6.48. The number of halogens is 1. The number of ketones is 1. The summed E-state index contributed by atoms with van der Waals surface area (Å²) in [5.41, 5.74) is 11.1. The highest BCUT2D eigenvalue weighted by Crippen LogP contribution is 2.45. The summed E-state index contributed by atoms with van der Waals surface area (Å²) in [4.78, 5) is 17.4. The molecule has 4 nitrogen and oxygen atoms in total. The lowest BCUT2D eigenvalue weighted by Crippen LogP contribution is -2.27. The Labute approximate surface area is 205 Å². The van der Waals surface area contributed by atoms with Crippen LogP contribution in [-0.4, -0.2) is 16.4 Å². The highest BCUT2D eigenvalue weighted by Gasteiger charge is 2.31. The number of pyridine rings is 1.